The van der Waals surface area contributed by atoms with E-state index in [0.717, 1.165) is 37.0 Å². The second kappa shape index (κ2) is 9.91. The van der Waals surface area contributed by atoms with Crippen LogP contribution in [0.2, 0.25) is 0 Å². The van der Waals surface area contributed by atoms with E-state index in [1.54, 1.807) is 4.31 Å². The van der Waals surface area contributed by atoms with Crippen LogP contribution in [0.4, 0.5) is 0 Å². The van der Waals surface area contributed by atoms with Crippen molar-refractivity contribution in [3.8, 4) is 5.75 Å². The van der Waals surface area contributed by atoms with Crippen molar-refractivity contribution in [3.05, 3.63) is 29.8 Å². The summed E-state index contributed by atoms with van der Waals surface area (Å²) in [5.74, 6) is 0.429. The molecule has 3 rings (SSSR count). The molecule has 0 unspecified atom stereocenters. The number of hydrogen-bond acceptors (Lipinski definition) is 4. The Morgan fingerprint density at radius 2 is 1.72 bits per heavy atom. The molecule has 1 aromatic carbocycles. The van der Waals surface area contributed by atoms with E-state index in [2.05, 4.69) is 5.32 Å². The van der Waals surface area contributed by atoms with Crippen molar-refractivity contribution in [2.24, 2.45) is 5.92 Å². The van der Waals surface area contributed by atoms with E-state index in [1.165, 1.54) is 4.31 Å². The summed E-state index contributed by atoms with van der Waals surface area (Å²) in [6.07, 6.45) is 4.47. The number of piperidine rings is 2. The lowest BCUT2D eigenvalue weighted by Crippen LogP contribution is -2.51. The minimum atomic E-state index is -3.46. The second-order valence-electron chi connectivity index (χ2n) is 8.19. The van der Waals surface area contributed by atoms with Crippen LogP contribution in [0.15, 0.2) is 24.3 Å². The standard InChI is InChI=1S/C21H33N3O4S/c1-17(2)28-20-10-8-18(9-11-20)15-22-21(25)19-7-6-14-24(16-19)29(26,27)23-12-4-3-5-13-23/h8-11,17,19H,3-7,12-16H2,1-2H3,(H,22,25)/t19-/m1/s1. The Kier molecular flexibility index (Phi) is 7.54. The van der Waals surface area contributed by atoms with Gasteiger partial charge in [-0.3, -0.25) is 4.79 Å². The highest BCUT2D eigenvalue weighted by atomic mass is 32.2. The summed E-state index contributed by atoms with van der Waals surface area (Å²) in [5, 5.41) is 2.97. The highest BCUT2D eigenvalue weighted by Crippen LogP contribution is 2.23. The largest absolute Gasteiger partial charge is 0.491 e. The molecule has 1 aromatic rings. The molecular weight excluding hydrogens is 390 g/mol. The van der Waals surface area contributed by atoms with Crippen LogP contribution in [0.3, 0.4) is 0 Å². The topological polar surface area (TPSA) is 79.0 Å². The molecule has 0 saturated carbocycles. The van der Waals surface area contributed by atoms with Gasteiger partial charge in [0.1, 0.15) is 5.75 Å². The van der Waals surface area contributed by atoms with Gasteiger partial charge >= 0.3 is 0 Å². The van der Waals surface area contributed by atoms with Crippen molar-refractivity contribution in [2.45, 2.75) is 58.6 Å². The van der Waals surface area contributed by atoms with Gasteiger partial charge in [-0.15, -0.1) is 0 Å². The highest BCUT2D eigenvalue weighted by Gasteiger charge is 2.36. The van der Waals surface area contributed by atoms with Crippen LogP contribution >= 0.6 is 0 Å². The zero-order valence-corrected chi connectivity index (χ0v) is 18.3. The lowest BCUT2D eigenvalue weighted by atomic mass is 9.99. The van der Waals surface area contributed by atoms with Crippen LogP contribution < -0.4 is 10.1 Å². The van der Waals surface area contributed by atoms with Crippen LogP contribution in [-0.4, -0.2) is 55.2 Å². The van der Waals surface area contributed by atoms with Gasteiger partial charge in [0.05, 0.1) is 12.0 Å². The summed E-state index contributed by atoms with van der Waals surface area (Å²) in [4.78, 5) is 12.7. The van der Waals surface area contributed by atoms with Gasteiger partial charge in [0, 0.05) is 32.7 Å². The predicted octanol–water partition coefficient (Wildman–Crippen LogP) is 2.53. The third kappa shape index (κ3) is 5.93. The first-order valence-electron chi connectivity index (χ1n) is 10.6. The molecule has 0 spiro atoms. The van der Waals surface area contributed by atoms with Gasteiger partial charge in [0.15, 0.2) is 0 Å². The molecule has 1 amide bonds. The average Bonchev–Trinajstić information content (AvgIpc) is 2.73. The Bertz CT molecular complexity index is 774. The molecule has 7 nitrogen and oxygen atoms in total. The van der Waals surface area contributed by atoms with Crippen molar-refractivity contribution < 1.29 is 17.9 Å². The number of rotatable bonds is 7. The Hall–Kier alpha value is -1.64. The maximum absolute atomic E-state index is 12.9. The Labute approximate surface area is 174 Å². The Morgan fingerprint density at radius 3 is 2.38 bits per heavy atom. The second-order valence-corrected chi connectivity index (χ2v) is 10.1. The SMILES string of the molecule is CC(C)Oc1ccc(CNC(=O)[C@@H]2CCCN(S(=O)(=O)N3CCCCC3)C2)cc1. The summed E-state index contributed by atoms with van der Waals surface area (Å²) in [5.41, 5.74) is 0.989. The molecule has 2 saturated heterocycles. The van der Waals surface area contributed by atoms with Gasteiger partial charge in [-0.2, -0.15) is 17.0 Å². The maximum Gasteiger partial charge on any atom is 0.281 e. The minimum absolute atomic E-state index is 0.0777. The molecule has 0 aliphatic carbocycles. The van der Waals surface area contributed by atoms with Gasteiger partial charge in [-0.1, -0.05) is 18.6 Å². The first-order valence-corrected chi connectivity index (χ1v) is 12.0. The maximum atomic E-state index is 12.9. The average molecular weight is 424 g/mol. The molecule has 29 heavy (non-hydrogen) atoms. The van der Waals surface area contributed by atoms with Crippen molar-refractivity contribution in [1.82, 2.24) is 13.9 Å². The third-order valence-electron chi connectivity index (χ3n) is 5.48. The van der Waals surface area contributed by atoms with E-state index in [4.69, 9.17) is 4.74 Å². The van der Waals surface area contributed by atoms with Crippen LogP contribution in [0.25, 0.3) is 0 Å². The highest BCUT2D eigenvalue weighted by molar-refractivity contribution is 7.86. The fourth-order valence-electron chi connectivity index (χ4n) is 3.92. The summed E-state index contributed by atoms with van der Waals surface area (Å²) in [6, 6.07) is 7.67. The fraction of sp³-hybridized carbons (Fsp3) is 0.667. The van der Waals surface area contributed by atoms with E-state index in [0.29, 0.717) is 32.6 Å². The van der Waals surface area contributed by atoms with Gasteiger partial charge in [0.2, 0.25) is 5.91 Å². The summed E-state index contributed by atoms with van der Waals surface area (Å²) in [6.45, 7) is 6.33. The van der Waals surface area contributed by atoms with Crippen molar-refractivity contribution in [3.63, 3.8) is 0 Å². The normalized spacial score (nSPS) is 21.8. The molecule has 162 valence electrons. The molecule has 1 atom stereocenters. The minimum Gasteiger partial charge on any atom is -0.491 e. The zero-order valence-electron chi connectivity index (χ0n) is 17.5. The number of amides is 1. The molecule has 1 N–H and O–H groups in total. The molecule has 2 aliphatic rings. The van der Waals surface area contributed by atoms with Crippen LogP contribution in [0, 0.1) is 5.92 Å². The number of nitrogens with one attached hydrogen (secondary N) is 1. The lowest BCUT2D eigenvalue weighted by molar-refractivity contribution is -0.126. The van der Waals surface area contributed by atoms with Crippen LogP contribution in [0.5, 0.6) is 5.75 Å². The van der Waals surface area contributed by atoms with Crippen molar-refractivity contribution in [2.75, 3.05) is 26.2 Å². The number of carbonyl (C=O) groups excluding carboxylic acids is 1. The fourth-order valence-corrected chi connectivity index (χ4v) is 5.69. The molecule has 8 heteroatoms. The van der Waals surface area contributed by atoms with E-state index in [1.807, 2.05) is 38.1 Å². The number of nitrogens with zero attached hydrogens (tertiary/aromatic N) is 2. The first kappa shape index (κ1) is 22.1. The van der Waals surface area contributed by atoms with Gasteiger partial charge in [-0.25, -0.2) is 0 Å². The van der Waals surface area contributed by atoms with Crippen molar-refractivity contribution in [1.29, 1.82) is 0 Å². The quantitative estimate of drug-likeness (QED) is 0.731. The summed E-state index contributed by atoms with van der Waals surface area (Å²) < 4.78 is 34.5. The van der Waals surface area contributed by atoms with Crippen LogP contribution in [-0.2, 0) is 21.5 Å². The number of carbonyl (C=O) groups is 1. The van der Waals surface area contributed by atoms with E-state index in [-0.39, 0.29) is 24.5 Å². The third-order valence-corrected chi connectivity index (χ3v) is 7.49. The summed E-state index contributed by atoms with van der Waals surface area (Å²) in [7, 11) is -3.46. The van der Waals surface area contributed by atoms with Crippen molar-refractivity contribution >= 4 is 16.1 Å². The van der Waals surface area contributed by atoms with Gasteiger partial charge in [-0.05, 0) is 57.2 Å². The molecule has 2 aliphatic heterocycles. The van der Waals surface area contributed by atoms with E-state index in [9.17, 15) is 13.2 Å². The number of ether oxygens (including phenoxy) is 1. The van der Waals surface area contributed by atoms with E-state index < -0.39 is 10.2 Å². The first-order chi connectivity index (χ1) is 13.9. The summed E-state index contributed by atoms with van der Waals surface area (Å²) >= 11 is 0. The number of benzene rings is 1. The van der Waals surface area contributed by atoms with E-state index >= 15 is 0 Å². The molecule has 2 heterocycles. The predicted molar refractivity (Wildman–Crippen MR) is 113 cm³/mol. The number of hydrogen-bond donors (Lipinski definition) is 1. The smallest absolute Gasteiger partial charge is 0.281 e. The van der Waals surface area contributed by atoms with Gasteiger partial charge in [0.25, 0.3) is 10.2 Å². The molecule has 0 bridgehead atoms. The molecule has 0 aromatic heterocycles. The monoisotopic (exact) mass is 423 g/mol. The lowest BCUT2D eigenvalue weighted by Gasteiger charge is -2.36. The Morgan fingerprint density at radius 1 is 1.07 bits per heavy atom. The van der Waals surface area contributed by atoms with Gasteiger partial charge < -0.3 is 10.1 Å². The molecule has 0 radical (unpaired) electrons. The van der Waals surface area contributed by atoms with Crippen LogP contribution in [0.1, 0.15) is 51.5 Å². The molecular formula is C21H33N3O4S. The Balaban J connectivity index is 1.53. The molecule has 2 fully saturated rings. The zero-order chi connectivity index (χ0) is 20.9.